The topological polar surface area (TPSA) is 35.5 Å². The fraction of sp³-hybridized carbons (Fsp3) is 0.250. The highest BCUT2D eigenvalue weighted by Crippen LogP contribution is 2.30. The predicted molar refractivity (Wildman–Crippen MR) is 80.6 cm³/mol. The Balaban J connectivity index is 1.80. The Labute approximate surface area is 147 Å². The van der Waals surface area contributed by atoms with E-state index in [-0.39, 0.29) is 13.2 Å². The zero-order chi connectivity index (χ0) is 19.4. The van der Waals surface area contributed by atoms with Crippen LogP contribution in [0.5, 0.6) is 0 Å². The van der Waals surface area contributed by atoms with Crippen LogP contribution < -0.4 is 0 Å². The summed E-state index contributed by atoms with van der Waals surface area (Å²) in [4.78, 5) is 0. The normalized spacial score (nSPS) is 12.6. The first-order valence-corrected chi connectivity index (χ1v) is 8.06. The standard InChI is InChI=1S/C16H12F6O3S/c17-15(18,19)13-5-1-11(2-6-13)9-24-26(23)25-10-12-3-7-14(8-4-12)16(20,21)22/h1-8H,9-10H2. The molecule has 2 rings (SSSR count). The molecule has 3 nitrogen and oxygen atoms in total. The Hall–Kier alpha value is -1.91. The van der Waals surface area contributed by atoms with Gasteiger partial charge >= 0.3 is 23.7 Å². The van der Waals surface area contributed by atoms with Gasteiger partial charge in [-0.05, 0) is 35.4 Å². The second-order valence-electron chi connectivity index (χ2n) is 5.12. The first-order chi connectivity index (χ1) is 12.1. The van der Waals surface area contributed by atoms with E-state index in [0.717, 1.165) is 24.3 Å². The molecule has 0 amide bonds. The van der Waals surface area contributed by atoms with Crippen molar-refractivity contribution in [2.24, 2.45) is 0 Å². The molecule has 0 heterocycles. The Morgan fingerprint density at radius 1 is 0.654 bits per heavy atom. The van der Waals surface area contributed by atoms with Crippen LogP contribution >= 0.6 is 0 Å². The lowest BCUT2D eigenvalue weighted by Crippen LogP contribution is -2.06. The van der Waals surface area contributed by atoms with Crippen molar-refractivity contribution in [3.05, 3.63) is 70.8 Å². The minimum atomic E-state index is -4.45. The summed E-state index contributed by atoms with van der Waals surface area (Å²) in [6, 6.07) is 8.17. The summed E-state index contributed by atoms with van der Waals surface area (Å²) in [7, 11) is 0. The first-order valence-electron chi connectivity index (χ1n) is 7.06. The number of alkyl halides is 6. The van der Waals surface area contributed by atoms with Gasteiger partial charge in [-0.25, -0.2) is 0 Å². The minimum Gasteiger partial charge on any atom is -0.264 e. The molecule has 26 heavy (non-hydrogen) atoms. The molecule has 142 valence electrons. The van der Waals surface area contributed by atoms with E-state index < -0.39 is 34.8 Å². The highest BCUT2D eigenvalue weighted by Gasteiger charge is 2.30. The lowest BCUT2D eigenvalue weighted by molar-refractivity contribution is -0.138. The molecule has 0 bridgehead atoms. The Morgan fingerprint density at radius 2 is 0.962 bits per heavy atom. The highest BCUT2D eigenvalue weighted by atomic mass is 32.2. The van der Waals surface area contributed by atoms with Crippen molar-refractivity contribution >= 4 is 11.4 Å². The number of benzene rings is 2. The minimum absolute atomic E-state index is 0.252. The van der Waals surface area contributed by atoms with Crippen LogP contribution in [-0.2, 0) is 45.3 Å². The van der Waals surface area contributed by atoms with Gasteiger partial charge in [0.15, 0.2) is 0 Å². The molecular formula is C16H12F6O3S. The molecule has 0 atom stereocenters. The van der Waals surface area contributed by atoms with Gasteiger partial charge < -0.3 is 0 Å². The van der Waals surface area contributed by atoms with Crippen LogP contribution in [0.15, 0.2) is 48.5 Å². The van der Waals surface area contributed by atoms with Crippen LogP contribution in [0.2, 0.25) is 0 Å². The lowest BCUT2D eigenvalue weighted by Gasteiger charge is -2.09. The highest BCUT2D eigenvalue weighted by molar-refractivity contribution is 7.75. The SMILES string of the molecule is O=S(OCc1ccc(C(F)(F)F)cc1)OCc1ccc(C(F)(F)F)cc1. The molecule has 0 fully saturated rings. The number of hydrogen-bond acceptors (Lipinski definition) is 3. The van der Waals surface area contributed by atoms with Crippen molar-refractivity contribution in [1.82, 2.24) is 0 Å². The van der Waals surface area contributed by atoms with E-state index in [1.54, 1.807) is 0 Å². The number of halogens is 6. The summed E-state index contributed by atoms with van der Waals surface area (Å²) in [6.07, 6.45) is -8.90. The quantitative estimate of drug-likeness (QED) is 0.640. The maximum Gasteiger partial charge on any atom is 0.416 e. The number of hydrogen-bond donors (Lipinski definition) is 0. The van der Waals surface area contributed by atoms with Crippen molar-refractivity contribution in [2.75, 3.05) is 0 Å². The van der Waals surface area contributed by atoms with E-state index in [0.29, 0.717) is 11.1 Å². The first kappa shape index (κ1) is 20.4. The summed E-state index contributed by atoms with van der Waals surface area (Å²) < 4.78 is 95.8. The summed E-state index contributed by atoms with van der Waals surface area (Å²) in [5, 5.41) is 0. The van der Waals surface area contributed by atoms with Gasteiger partial charge in [-0.15, -0.1) is 0 Å². The van der Waals surface area contributed by atoms with Gasteiger partial charge in [-0.1, -0.05) is 24.3 Å². The molecule has 2 aromatic rings. The molecule has 0 aliphatic heterocycles. The predicted octanol–water partition coefficient (Wildman–Crippen LogP) is 5.04. The zero-order valence-corrected chi connectivity index (χ0v) is 13.8. The van der Waals surface area contributed by atoms with Crippen molar-refractivity contribution < 1.29 is 38.9 Å². The van der Waals surface area contributed by atoms with E-state index in [4.69, 9.17) is 8.37 Å². The van der Waals surface area contributed by atoms with E-state index in [2.05, 4.69) is 0 Å². The van der Waals surface area contributed by atoms with Gasteiger partial charge in [-0.3, -0.25) is 8.37 Å². The van der Waals surface area contributed by atoms with Crippen molar-refractivity contribution in [3.8, 4) is 0 Å². The van der Waals surface area contributed by atoms with Gasteiger partial charge in [0, 0.05) is 0 Å². The van der Waals surface area contributed by atoms with E-state index in [1.807, 2.05) is 0 Å². The van der Waals surface area contributed by atoms with E-state index in [1.165, 1.54) is 24.3 Å². The average Bonchev–Trinajstić information content (AvgIpc) is 2.57. The molecule has 0 aliphatic rings. The molecule has 0 aliphatic carbocycles. The maximum atomic E-state index is 12.4. The second-order valence-corrected chi connectivity index (χ2v) is 6.00. The van der Waals surface area contributed by atoms with Gasteiger partial charge in [0.05, 0.1) is 24.3 Å². The van der Waals surface area contributed by atoms with Gasteiger partial charge in [-0.2, -0.15) is 30.6 Å². The molecule has 0 radical (unpaired) electrons. The van der Waals surface area contributed by atoms with Crippen molar-refractivity contribution in [3.63, 3.8) is 0 Å². The van der Waals surface area contributed by atoms with Gasteiger partial charge in [0.25, 0.3) is 0 Å². The molecule has 10 heteroatoms. The van der Waals surface area contributed by atoms with Crippen LogP contribution in [0, 0.1) is 0 Å². The third kappa shape index (κ3) is 6.11. The van der Waals surface area contributed by atoms with Crippen molar-refractivity contribution in [2.45, 2.75) is 25.6 Å². The summed E-state index contributed by atoms with van der Waals surface area (Å²) in [6.45, 7) is -0.504. The third-order valence-electron chi connectivity index (χ3n) is 3.21. The van der Waals surface area contributed by atoms with Crippen LogP contribution in [-0.4, -0.2) is 4.21 Å². The lowest BCUT2D eigenvalue weighted by atomic mass is 10.1. The Kier molecular flexibility index (Phi) is 6.43. The molecule has 0 unspecified atom stereocenters. The van der Waals surface area contributed by atoms with E-state index in [9.17, 15) is 30.6 Å². The van der Waals surface area contributed by atoms with Crippen molar-refractivity contribution in [1.29, 1.82) is 0 Å². The third-order valence-corrected chi connectivity index (χ3v) is 3.83. The number of rotatable bonds is 6. The molecule has 0 N–H and O–H groups in total. The van der Waals surface area contributed by atoms with Crippen LogP contribution in [0.3, 0.4) is 0 Å². The molecule has 2 aromatic carbocycles. The van der Waals surface area contributed by atoms with Crippen LogP contribution in [0.1, 0.15) is 22.3 Å². The zero-order valence-electron chi connectivity index (χ0n) is 12.9. The van der Waals surface area contributed by atoms with Crippen LogP contribution in [0.4, 0.5) is 26.3 Å². The largest absolute Gasteiger partial charge is 0.416 e. The maximum absolute atomic E-state index is 12.4. The Bertz CT molecular complexity index is 675. The Morgan fingerprint density at radius 3 is 1.23 bits per heavy atom. The molecule has 0 aromatic heterocycles. The summed E-state index contributed by atoms with van der Waals surface area (Å²) >= 11 is -2.21. The summed E-state index contributed by atoms with van der Waals surface area (Å²) in [5.41, 5.74) is -0.934. The molecule has 0 spiro atoms. The van der Waals surface area contributed by atoms with Gasteiger partial charge in [0.1, 0.15) is 0 Å². The molecule has 0 saturated heterocycles. The molecule has 0 saturated carbocycles. The monoisotopic (exact) mass is 398 g/mol. The van der Waals surface area contributed by atoms with E-state index >= 15 is 0 Å². The summed E-state index contributed by atoms with van der Waals surface area (Å²) in [5.74, 6) is 0. The van der Waals surface area contributed by atoms with Crippen LogP contribution in [0.25, 0.3) is 0 Å². The molecular weight excluding hydrogens is 386 g/mol. The fourth-order valence-corrected chi connectivity index (χ4v) is 2.38. The van der Waals surface area contributed by atoms with Gasteiger partial charge in [0.2, 0.25) is 0 Å². The smallest absolute Gasteiger partial charge is 0.264 e. The fourth-order valence-electron chi connectivity index (χ4n) is 1.85. The second kappa shape index (κ2) is 8.19. The average molecular weight is 398 g/mol.